The zero-order valence-corrected chi connectivity index (χ0v) is 31.3. The van der Waals surface area contributed by atoms with Crippen molar-refractivity contribution in [2.75, 3.05) is 6.54 Å². The molecule has 5 rings (SSSR count). The Kier molecular flexibility index (Phi) is 12.9. The first-order valence-electron chi connectivity index (χ1n) is 19.2. The van der Waals surface area contributed by atoms with Gasteiger partial charge in [-0.1, -0.05) is 59.8 Å². The average molecular weight is 724 g/mol. The van der Waals surface area contributed by atoms with Crippen molar-refractivity contribution in [3.05, 3.63) is 24.3 Å². The predicted molar refractivity (Wildman–Crippen MR) is 191 cm³/mol. The molecule has 1 aromatic rings. The number of nitrogens with one attached hydrogen (secondary N) is 4. The highest BCUT2D eigenvalue weighted by atomic mass is 16.5. The van der Waals surface area contributed by atoms with Gasteiger partial charge in [0.2, 0.25) is 17.7 Å². The number of rotatable bonds is 14. The third-order valence-electron chi connectivity index (χ3n) is 11.1. The van der Waals surface area contributed by atoms with E-state index in [9.17, 15) is 28.8 Å². The minimum Gasteiger partial charge on any atom is -0.450 e. The number of fused-ring (bicyclic) bond motifs is 1. The highest BCUT2D eigenvalue weighted by Gasteiger charge is 2.52. The number of hydrogen-bond acceptors (Lipinski definition) is 9. The minimum absolute atomic E-state index is 0.0355. The van der Waals surface area contributed by atoms with E-state index in [0.717, 1.165) is 64.2 Å². The number of ether oxygens (including phenoxy) is 1. The summed E-state index contributed by atoms with van der Waals surface area (Å²) in [5, 5.41) is 11.9. The molecule has 5 amide bonds. The molecule has 14 heteroatoms. The molecule has 7 atom stereocenters. The van der Waals surface area contributed by atoms with Gasteiger partial charge < -0.3 is 30.9 Å². The van der Waals surface area contributed by atoms with Crippen molar-refractivity contribution in [2.45, 2.75) is 148 Å². The molecule has 286 valence electrons. The number of carbonyl (C=O) groups is 6. The third-order valence-corrected chi connectivity index (χ3v) is 11.1. The van der Waals surface area contributed by atoms with Crippen molar-refractivity contribution in [1.82, 2.24) is 36.1 Å². The maximum Gasteiger partial charge on any atom is 0.303 e. The van der Waals surface area contributed by atoms with Gasteiger partial charge >= 0.3 is 5.97 Å². The molecule has 0 bridgehead atoms. The second kappa shape index (κ2) is 17.2. The number of carbonyl (C=O) groups excluding carboxylic acids is 6. The second-order valence-corrected chi connectivity index (χ2v) is 16.3. The molecule has 2 heterocycles. The van der Waals surface area contributed by atoms with Gasteiger partial charge in [0.25, 0.3) is 11.8 Å². The van der Waals surface area contributed by atoms with Gasteiger partial charge in [-0.2, -0.15) is 0 Å². The molecule has 1 unspecified atom stereocenters. The summed E-state index contributed by atoms with van der Waals surface area (Å²) in [6.07, 6.45) is 12.8. The molecular formula is C38H57N7O7. The van der Waals surface area contributed by atoms with Crippen LogP contribution in [0.25, 0.3) is 0 Å². The lowest BCUT2D eigenvalue weighted by molar-refractivity contribution is -0.157. The first-order chi connectivity index (χ1) is 24.8. The largest absolute Gasteiger partial charge is 0.450 e. The van der Waals surface area contributed by atoms with Crippen LogP contribution in [0, 0.1) is 23.2 Å². The summed E-state index contributed by atoms with van der Waals surface area (Å²) >= 11 is 0. The molecule has 3 aliphatic carbocycles. The molecule has 52 heavy (non-hydrogen) atoms. The lowest BCUT2D eigenvalue weighted by Gasteiger charge is -2.38. The second-order valence-electron chi connectivity index (χ2n) is 16.3. The third kappa shape index (κ3) is 9.65. The van der Waals surface area contributed by atoms with Crippen LogP contribution in [0.3, 0.4) is 0 Å². The number of esters is 1. The van der Waals surface area contributed by atoms with Crippen LogP contribution in [-0.2, 0) is 28.7 Å². The Bertz CT molecular complexity index is 1460. The van der Waals surface area contributed by atoms with E-state index < -0.39 is 65.3 Å². The zero-order valence-electron chi connectivity index (χ0n) is 31.3. The van der Waals surface area contributed by atoms with Crippen molar-refractivity contribution >= 4 is 35.5 Å². The lowest BCUT2D eigenvalue weighted by Crippen LogP contribution is -2.62. The molecular weight excluding hydrogens is 666 g/mol. The van der Waals surface area contributed by atoms with Gasteiger partial charge in [0.05, 0.1) is 12.2 Å². The Morgan fingerprint density at radius 2 is 1.63 bits per heavy atom. The zero-order chi connectivity index (χ0) is 37.6. The molecule has 0 aromatic carbocycles. The molecule has 1 aliphatic heterocycles. The summed E-state index contributed by atoms with van der Waals surface area (Å²) < 4.78 is 5.50. The van der Waals surface area contributed by atoms with Gasteiger partial charge in [0.1, 0.15) is 23.8 Å². The van der Waals surface area contributed by atoms with Crippen LogP contribution in [-0.4, -0.2) is 93.2 Å². The van der Waals surface area contributed by atoms with Crippen molar-refractivity contribution in [1.29, 1.82) is 0 Å². The monoisotopic (exact) mass is 723 g/mol. The first kappa shape index (κ1) is 39.1. The van der Waals surface area contributed by atoms with Crippen molar-refractivity contribution in [2.24, 2.45) is 23.2 Å². The highest BCUT2D eigenvalue weighted by Crippen LogP contribution is 2.43. The van der Waals surface area contributed by atoms with Gasteiger partial charge in [-0.05, 0) is 68.1 Å². The molecule has 0 spiro atoms. The highest BCUT2D eigenvalue weighted by molar-refractivity contribution is 5.98. The normalized spacial score (nSPS) is 24.1. The SMILES string of the molecule is CCC[C@H](NC(=O)[C@@H]1[C@H]2CCC[C@H]2CN1C(=O)[C@@H](NC(=O)[C@@H](NC(=O)c1cnccn1)C1CCCCC1)C(C)(C)C)C(OC(C)=O)C(=O)NC1CC1. The minimum atomic E-state index is -1.21. The van der Waals surface area contributed by atoms with Gasteiger partial charge in [-0.25, -0.2) is 4.98 Å². The summed E-state index contributed by atoms with van der Waals surface area (Å²) in [6.45, 7) is 9.14. The Hall–Kier alpha value is -4.10. The maximum atomic E-state index is 14.7. The van der Waals surface area contributed by atoms with Gasteiger partial charge in [0, 0.05) is 31.9 Å². The van der Waals surface area contributed by atoms with E-state index in [1.54, 1.807) is 4.90 Å². The molecule has 4 aliphatic rings. The van der Waals surface area contributed by atoms with Crippen LogP contribution in [0.4, 0.5) is 0 Å². The molecule has 14 nitrogen and oxygen atoms in total. The van der Waals surface area contributed by atoms with Crippen molar-refractivity contribution < 1.29 is 33.5 Å². The van der Waals surface area contributed by atoms with Crippen LogP contribution in [0.15, 0.2) is 18.6 Å². The van der Waals surface area contributed by atoms with E-state index >= 15 is 0 Å². The first-order valence-corrected chi connectivity index (χ1v) is 19.2. The van der Waals surface area contributed by atoms with Crippen LogP contribution in [0.1, 0.15) is 122 Å². The van der Waals surface area contributed by atoms with Crippen molar-refractivity contribution in [3.63, 3.8) is 0 Å². The number of likely N-dealkylation sites (tertiary alicyclic amines) is 1. The molecule has 0 radical (unpaired) electrons. The summed E-state index contributed by atoms with van der Waals surface area (Å²) in [7, 11) is 0. The van der Waals surface area contributed by atoms with Crippen LogP contribution in [0.5, 0.6) is 0 Å². The van der Waals surface area contributed by atoms with E-state index in [0.29, 0.717) is 19.4 Å². The number of hydrogen-bond donors (Lipinski definition) is 4. The summed E-state index contributed by atoms with van der Waals surface area (Å²) in [4.78, 5) is 91.6. The van der Waals surface area contributed by atoms with Crippen LogP contribution < -0.4 is 21.3 Å². The Morgan fingerprint density at radius 1 is 0.904 bits per heavy atom. The molecule has 1 saturated heterocycles. The van der Waals surface area contributed by atoms with Crippen LogP contribution >= 0.6 is 0 Å². The van der Waals surface area contributed by atoms with E-state index in [1.165, 1.54) is 25.5 Å². The predicted octanol–water partition coefficient (Wildman–Crippen LogP) is 2.81. The topological polar surface area (TPSA) is 189 Å². The lowest BCUT2D eigenvalue weighted by atomic mass is 9.82. The fourth-order valence-electron chi connectivity index (χ4n) is 8.30. The fourth-order valence-corrected chi connectivity index (χ4v) is 8.30. The molecule has 1 aromatic heterocycles. The van der Waals surface area contributed by atoms with E-state index in [4.69, 9.17) is 4.74 Å². The van der Waals surface area contributed by atoms with E-state index in [1.807, 2.05) is 27.7 Å². The number of nitrogens with zero attached hydrogens (tertiary/aromatic N) is 3. The Labute approximate surface area is 306 Å². The van der Waals surface area contributed by atoms with E-state index in [2.05, 4.69) is 31.2 Å². The fraction of sp³-hybridized carbons (Fsp3) is 0.737. The average Bonchev–Trinajstić information content (AvgIpc) is 3.68. The molecule has 4 N–H and O–H groups in total. The maximum absolute atomic E-state index is 14.7. The van der Waals surface area contributed by atoms with Gasteiger partial charge in [-0.15, -0.1) is 0 Å². The summed E-state index contributed by atoms with van der Waals surface area (Å²) in [5.41, 5.74) is -0.650. The number of aromatic nitrogens is 2. The van der Waals surface area contributed by atoms with Gasteiger partial charge in [0.15, 0.2) is 6.10 Å². The van der Waals surface area contributed by atoms with Gasteiger partial charge in [-0.3, -0.25) is 33.8 Å². The van der Waals surface area contributed by atoms with Crippen molar-refractivity contribution in [3.8, 4) is 0 Å². The van der Waals surface area contributed by atoms with Crippen LogP contribution in [0.2, 0.25) is 0 Å². The Morgan fingerprint density at radius 3 is 2.25 bits per heavy atom. The molecule has 3 saturated carbocycles. The Balaban J connectivity index is 1.38. The quantitative estimate of drug-likeness (QED) is 0.209. The van der Waals surface area contributed by atoms with E-state index in [-0.39, 0.29) is 35.4 Å². The summed E-state index contributed by atoms with van der Waals surface area (Å²) in [5.74, 6) is -2.88. The smallest absolute Gasteiger partial charge is 0.303 e. The number of amides is 5. The standard InChI is InChI=1S/C38H57N7O7/c1-6-11-27(31(52-22(2)46)36(50)41-25-16-17-25)42-35(49)30-26-15-10-14-24(26)21-45(30)37(51)32(38(3,4)5)44-34(48)29(23-12-8-7-9-13-23)43-33(47)28-20-39-18-19-40-28/h18-20,23-27,29-32H,6-17,21H2,1-5H3,(H,41,50)(H,42,49)(H,43,47)(H,44,48)/t24-,26-,27-,29-,30-,31?,32+/m0/s1. The molecule has 4 fully saturated rings. The summed E-state index contributed by atoms with van der Waals surface area (Å²) in [6, 6.07) is -3.47.